The van der Waals surface area contributed by atoms with Crippen molar-refractivity contribution in [1.82, 2.24) is 14.7 Å². The minimum absolute atomic E-state index is 0.109. The number of hydrogen-bond acceptors (Lipinski definition) is 2. The van der Waals surface area contributed by atoms with Crippen LogP contribution in [0.4, 0.5) is 4.39 Å². The number of benzene rings is 2. The van der Waals surface area contributed by atoms with Gasteiger partial charge >= 0.3 is 0 Å². The zero-order valence-electron chi connectivity index (χ0n) is 15.5. The molecule has 0 saturated heterocycles. The third-order valence-corrected chi connectivity index (χ3v) is 5.30. The largest absolute Gasteiger partial charge is 0.332 e. The second kappa shape index (κ2) is 6.65. The molecule has 0 atom stereocenters. The Bertz CT molecular complexity index is 961. The van der Waals surface area contributed by atoms with Crippen LogP contribution in [0.25, 0.3) is 0 Å². The van der Waals surface area contributed by atoms with Crippen molar-refractivity contribution >= 4 is 5.91 Å². The quantitative estimate of drug-likeness (QED) is 0.705. The number of hydrogen-bond donors (Lipinski definition) is 0. The molecule has 0 saturated carbocycles. The van der Waals surface area contributed by atoms with E-state index in [2.05, 4.69) is 5.10 Å². The maximum atomic E-state index is 13.2. The fourth-order valence-electron chi connectivity index (χ4n) is 3.62. The van der Waals surface area contributed by atoms with E-state index in [0.29, 0.717) is 19.6 Å². The highest BCUT2D eigenvalue weighted by Gasteiger charge is 2.37. The fraction of sp³-hybridized carbons (Fsp3) is 0.273. The van der Waals surface area contributed by atoms with E-state index < -0.39 is 5.41 Å². The summed E-state index contributed by atoms with van der Waals surface area (Å²) in [4.78, 5) is 15.1. The van der Waals surface area contributed by atoms with E-state index >= 15 is 0 Å². The first-order valence-corrected chi connectivity index (χ1v) is 9.08. The minimum Gasteiger partial charge on any atom is -0.332 e. The van der Waals surface area contributed by atoms with Crippen LogP contribution in [0.5, 0.6) is 0 Å². The first-order valence-electron chi connectivity index (χ1n) is 9.08. The van der Waals surface area contributed by atoms with Gasteiger partial charge in [-0.25, -0.2) is 4.39 Å². The van der Waals surface area contributed by atoms with Crippen LogP contribution in [-0.2, 0) is 29.8 Å². The maximum absolute atomic E-state index is 13.2. The summed E-state index contributed by atoms with van der Waals surface area (Å²) in [5, 5.41) is 4.45. The molecular weight excluding hydrogens is 341 g/mol. The molecule has 0 spiro atoms. The molecule has 0 N–H and O–H groups in total. The Morgan fingerprint density at radius 1 is 1.07 bits per heavy atom. The Morgan fingerprint density at radius 3 is 2.48 bits per heavy atom. The van der Waals surface area contributed by atoms with Crippen molar-refractivity contribution in [1.29, 1.82) is 0 Å². The van der Waals surface area contributed by atoms with E-state index in [0.717, 1.165) is 22.4 Å². The first kappa shape index (κ1) is 17.5. The smallest absolute Gasteiger partial charge is 0.233 e. The predicted octanol–water partition coefficient (Wildman–Crippen LogP) is 3.89. The van der Waals surface area contributed by atoms with Crippen LogP contribution in [0.3, 0.4) is 0 Å². The second-order valence-corrected chi connectivity index (χ2v) is 7.55. The van der Waals surface area contributed by atoms with Crippen LogP contribution in [0.1, 0.15) is 36.2 Å². The van der Waals surface area contributed by atoms with E-state index in [1.165, 1.54) is 12.1 Å². The zero-order chi connectivity index (χ0) is 19.0. The minimum atomic E-state index is -0.583. The molecule has 0 bridgehead atoms. The monoisotopic (exact) mass is 363 g/mol. The summed E-state index contributed by atoms with van der Waals surface area (Å²) in [6, 6.07) is 16.3. The molecule has 4 rings (SSSR count). The highest BCUT2D eigenvalue weighted by atomic mass is 19.1. The van der Waals surface area contributed by atoms with Crippen molar-refractivity contribution in [2.45, 2.75) is 38.9 Å². The lowest BCUT2D eigenvalue weighted by atomic mass is 9.83. The van der Waals surface area contributed by atoms with Gasteiger partial charge < -0.3 is 4.90 Å². The average molecular weight is 363 g/mol. The van der Waals surface area contributed by atoms with Gasteiger partial charge in [0.2, 0.25) is 5.91 Å². The van der Waals surface area contributed by atoms with Crippen molar-refractivity contribution < 1.29 is 9.18 Å². The van der Waals surface area contributed by atoms with Crippen LogP contribution in [0, 0.1) is 5.82 Å². The third kappa shape index (κ3) is 3.25. The number of aromatic nitrogens is 2. The fourth-order valence-corrected chi connectivity index (χ4v) is 3.62. The topological polar surface area (TPSA) is 38.1 Å². The first-order chi connectivity index (χ1) is 12.9. The summed E-state index contributed by atoms with van der Waals surface area (Å²) >= 11 is 0. The van der Waals surface area contributed by atoms with Gasteiger partial charge in [-0.1, -0.05) is 42.5 Å². The van der Waals surface area contributed by atoms with Crippen molar-refractivity contribution in [3.63, 3.8) is 0 Å². The Balaban J connectivity index is 1.52. The Kier molecular flexibility index (Phi) is 4.30. The van der Waals surface area contributed by atoms with Gasteiger partial charge in [-0.2, -0.15) is 5.10 Å². The lowest BCUT2D eigenvalue weighted by Crippen LogP contribution is -2.41. The summed E-state index contributed by atoms with van der Waals surface area (Å²) in [6.07, 6.45) is 1.83. The Labute approximate surface area is 158 Å². The number of carbonyl (C=O) groups is 1. The number of nitrogens with zero attached hydrogens (tertiary/aromatic N) is 3. The number of amides is 1. The highest BCUT2D eigenvalue weighted by molar-refractivity contribution is 5.87. The molecule has 0 fully saturated rings. The average Bonchev–Trinajstić information content (AvgIpc) is 3.25. The van der Waals surface area contributed by atoms with Crippen molar-refractivity contribution in [3.05, 3.63) is 89.0 Å². The van der Waals surface area contributed by atoms with E-state index in [4.69, 9.17) is 0 Å². The predicted molar refractivity (Wildman–Crippen MR) is 101 cm³/mol. The molecule has 27 heavy (non-hydrogen) atoms. The normalized spacial score (nSPS) is 13.7. The van der Waals surface area contributed by atoms with Crippen LogP contribution in [0.15, 0.2) is 60.8 Å². The van der Waals surface area contributed by atoms with Crippen LogP contribution >= 0.6 is 0 Å². The molecule has 1 amide bonds. The molecular formula is C22H22FN3O. The molecule has 0 unspecified atom stereocenters. The summed E-state index contributed by atoms with van der Waals surface area (Å²) in [7, 11) is 0. The maximum Gasteiger partial charge on any atom is 0.233 e. The van der Waals surface area contributed by atoms with E-state index in [1.807, 2.05) is 60.0 Å². The zero-order valence-corrected chi connectivity index (χ0v) is 15.5. The molecule has 1 aromatic heterocycles. The van der Waals surface area contributed by atoms with Crippen molar-refractivity contribution in [2.24, 2.45) is 0 Å². The van der Waals surface area contributed by atoms with Gasteiger partial charge in [-0.15, -0.1) is 0 Å². The molecule has 138 valence electrons. The van der Waals surface area contributed by atoms with Crippen LogP contribution in [-0.4, -0.2) is 20.6 Å². The Hall–Kier alpha value is -2.95. The number of rotatable bonds is 4. The third-order valence-electron chi connectivity index (χ3n) is 5.30. The van der Waals surface area contributed by atoms with Crippen LogP contribution in [0.2, 0.25) is 0 Å². The van der Waals surface area contributed by atoms with Gasteiger partial charge in [-0.05, 0) is 37.1 Å². The summed E-state index contributed by atoms with van der Waals surface area (Å²) in [5.41, 5.74) is 3.54. The van der Waals surface area contributed by atoms with Crippen LogP contribution < -0.4 is 0 Å². The van der Waals surface area contributed by atoms with Gasteiger partial charge in [-0.3, -0.25) is 9.48 Å². The lowest BCUT2D eigenvalue weighted by molar-refractivity contribution is -0.137. The second-order valence-electron chi connectivity index (χ2n) is 7.55. The van der Waals surface area contributed by atoms with Gasteiger partial charge in [0, 0.05) is 12.1 Å². The van der Waals surface area contributed by atoms with E-state index in [-0.39, 0.29) is 11.7 Å². The SMILES string of the molecule is CC(C)(C(=O)N1Cc2cnn(Cc3ccc(F)cc3)c2C1)c1ccccc1. The van der Waals surface area contributed by atoms with Gasteiger partial charge in [0.05, 0.1) is 30.4 Å². The summed E-state index contributed by atoms with van der Waals surface area (Å²) in [5.74, 6) is -0.136. The number of carbonyl (C=O) groups excluding carboxylic acids is 1. The number of halogens is 1. The lowest BCUT2D eigenvalue weighted by Gasteiger charge is -2.29. The molecule has 2 heterocycles. The van der Waals surface area contributed by atoms with E-state index in [9.17, 15) is 9.18 Å². The van der Waals surface area contributed by atoms with E-state index in [1.54, 1.807) is 12.1 Å². The molecule has 1 aliphatic heterocycles. The molecule has 4 nitrogen and oxygen atoms in total. The summed E-state index contributed by atoms with van der Waals surface area (Å²) in [6.45, 7) is 5.64. The van der Waals surface area contributed by atoms with Gasteiger partial charge in [0.1, 0.15) is 5.82 Å². The molecule has 1 aliphatic rings. The highest BCUT2D eigenvalue weighted by Crippen LogP contribution is 2.31. The molecule has 3 aromatic rings. The number of fused-ring (bicyclic) bond motifs is 1. The van der Waals surface area contributed by atoms with Crippen molar-refractivity contribution in [2.75, 3.05) is 0 Å². The Morgan fingerprint density at radius 2 is 1.78 bits per heavy atom. The molecule has 0 radical (unpaired) electrons. The van der Waals surface area contributed by atoms with Gasteiger partial charge in [0.25, 0.3) is 0 Å². The molecule has 5 heteroatoms. The van der Waals surface area contributed by atoms with Gasteiger partial charge in [0.15, 0.2) is 0 Å². The molecule has 2 aromatic carbocycles. The van der Waals surface area contributed by atoms with Crippen molar-refractivity contribution in [3.8, 4) is 0 Å². The standard InChI is InChI=1S/C22H22FN3O/c1-22(2,18-6-4-3-5-7-18)21(27)25-14-17-12-24-26(20(17)15-25)13-16-8-10-19(23)11-9-16/h3-12H,13-15H2,1-2H3. The summed E-state index contributed by atoms with van der Waals surface area (Å²) < 4.78 is 15.0. The molecule has 0 aliphatic carbocycles.